The highest BCUT2D eigenvalue weighted by Gasteiger charge is 2.51. The zero-order valence-corrected chi connectivity index (χ0v) is 15.1. The van der Waals surface area contributed by atoms with Crippen LogP contribution < -0.4 is 10.6 Å². The summed E-state index contributed by atoms with van der Waals surface area (Å²) in [5, 5.41) is 9.27. The van der Waals surface area contributed by atoms with Crippen LogP contribution in [0.25, 0.3) is 0 Å². The lowest BCUT2D eigenvalue weighted by Gasteiger charge is -2.40. The SMILES string of the molecule is CCC[C@]1(C2CCN(C(=O)CCCn3cncn3)CC2)NC(=O)NC1=O. The molecule has 9 heteroatoms. The lowest BCUT2D eigenvalue weighted by molar-refractivity contribution is -0.134. The average molecular weight is 362 g/mol. The van der Waals surface area contributed by atoms with E-state index in [9.17, 15) is 14.4 Å². The van der Waals surface area contributed by atoms with E-state index in [0.717, 1.165) is 25.7 Å². The van der Waals surface area contributed by atoms with Crippen molar-refractivity contribution in [3.63, 3.8) is 0 Å². The van der Waals surface area contributed by atoms with Gasteiger partial charge in [-0.3, -0.25) is 19.6 Å². The summed E-state index contributed by atoms with van der Waals surface area (Å²) < 4.78 is 1.72. The molecule has 3 rings (SSSR count). The Balaban J connectivity index is 1.50. The molecule has 3 heterocycles. The van der Waals surface area contributed by atoms with Crippen molar-refractivity contribution in [3.8, 4) is 0 Å². The molecule has 2 fully saturated rings. The Bertz CT molecular complexity index is 653. The van der Waals surface area contributed by atoms with Gasteiger partial charge >= 0.3 is 6.03 Å². The summed E-state index contributed by atoms with van der Waals surface area (Å²) in [6.07, 6.45) is 7.21. The molecule has 1 aromatic rings. The number of aryl methyl sites for hydroxylation is 1. The molecule has 2 aliphatic heterocycles. The Morgan fingerprint density at radius 2 is 2.12 bits per heavy atom. The number of likely N-dealkylation sites (tertiary alicyclic amines) is 1. The van der Waals surface area contributed by atoms with Crippen molar-refractivity contribution in [2.24, 2.45) is 5.92 Å². The Kier molecular flexibility index (Phi) is 5.53. The smallest absolute Gasteiger partial charge is 0.322 e. The number of carbonyl (C=O) groups is 3. The molecule has 142 valence electrons. The first-order valence-electron chi connectivity index (χ1n) is 9.29. The molecule has 2 N–H and O–H groups in total. The summed E-state index contributed by atoms with van der Waals surface area (Å²) in [4.78, 5) is 42.2. The summed E-state index contributed by atoms with van der Waals surface area (Å²) in [6.45, 7) is 3.93. The molecule has 0 unspecified atom stereocenters. The van der Waals surface area contributed by atoms with Gasteiger partial charge in [0.1, 0.15) is 18.2 Å². The van der Waals surface area contributed by atoms with Crippen molar-refractivity contribution in [2.45, 2.75) is 57.5 Å². The number of hydrogen-bond donors (Lipinski definition) is 2. The molecule has 0 spiro atoms. The highest BCUT2D eigenvalue weighted by atomic mass is 16.2. The molecule has 4 amide bonds. The number of aromatic nitrogens is 3. The molecule has 2 saturated heterocycles. The molecule has 0 aliphatic carbocycles. The maximum Gasteiger partial charge on any atom is 0.322 e. The number of piperidine rings is 1. The molecule has 1 aromatic heterocycles. The molecule has 0 saturated carbocycles. The first-order valence-corrected chi connectivity index (χ1v) is 9.29. The number of rotatable bonds is 7. The van der Waals surface area contributed by atoms with Gasteiger partial charge < -0.3 is 10.2 Å². The van der Waals surface area contributed by atoms with Gasteiger partial charge in [-0.05, 0) is 31.6 Å². The molecule has 9 nitrogen and oxygen atoms in total. The minimum atomic E-state index is -0.811. The van der Waals surface area contributed by atoms with E-state index in [2.05, 4.69) is 20.7 Å². The van der Waals surface area contributed by atoms with E-state index in [1.54, 1.807) is 11.0 Å². The molecular formula is C17H26N6O3. The van der Waals surface area contributed by atoms with Crippen LogP contribution in [0.3, 0.4) is 0 Å². The number of amides is 4. The summed E-state index contributed by atoms with van der Waals surface area (Å²) in [7, 11) is 0. The van der Waals surface area contributed by atoms with Crippen LogP contribution in [-0.2, 0) is 16.1 Å². The number of imide groups is 1. The molecule has 1 atom stereocenters. The number of hydrogen-bond acceptors (Lipinski definition) is 5. The van der Waals surface area contributed by atoms with Crippen molar-refractivity contribution in [3.05, 3.63) is 12.7 Å². The lowest BCUT2D eigenvalue weighted by atomic mass is 9.75. The maximum atomic E-state index is 12.4. The van der Waals surface area contributed by atoms with E-state index in [4.69, 9.17) is 0 Å². The Morgan fingerprint density at radius 1 is 1.35 bits per heavy atom. The fourth-order valence-electron chi connectivity index (χ4n) is 4.09. The van der Waals surface area contributed by atoms with Crippen LogP contribution >= 0.6 is 0 Å². The zero-order chi connectivity index (χ0) is 18.6. The predicted octanol–water partition coefficient (Wildman–Crippen LogP) is 0.675. The molecule has 0 radical (unpaired) electrons. The fraction of sp³-hybridized carbons (Fsp3) is 0.706. The molecule has 0 aromatic carbocycles. The molecular weight excluding hydrogens is 336 g/mol. The number of urea groups is 1. The summed E-state index contributed by atoms with van der Waals surface area (Å²) in [6, 6.07) is -0.407. The van der Waals surface area contributed by atoms with Crippen molar-refractivity contribution in [2.75, 3.05) is 13.1 Å². The molecule has 2 aliphatic rings. The number of nitrogens with one attached hydrogen (secondary N) is 2. The van der Waals surface area contributed by atoms with Crippen molar-refractivity contribution in [1.82, 2.24) is 30.3 Å². The second-order valence-corrected chi connectivity index (χ2v) is 7.05. The van der Waals surface area contributed by atoms with Crippen LogP contribution in [0.1, 0.15) is 45.4 Å². The first-order chi connectivity index (χ1) is 12.5. The van der Waals surface area contributed by atoms with E-state index >= 15 is 0 Å². The summed E-state index contributed by atoms with van der Waals surface area (Å²) in [5.41, 5.74) is -0.811. The standard InChI is InChI=1S/C17H26N6O3/c1-2-7-17(15(25)20-16(26)21-17)13-5-9-22(10-6-13)14(24)4-3-8-23-12-18-11-19-23/h11-13H,2-10H2,1H3,(H2,20,21,25,26)/t17-/m1/s1. The quantitative estimate of drug-likeness (QED) is 0.693. The monoisotopic (exact) mass is 362 g/mol. The van der Waals surface area contributed by atoms with E-state index in [1.807, 2.05) is 11.8 Å². The van der Waals surface area contributed by atoms with Crippen LogP contribution in [0.15, 0.2) is 12.7 Å². The predicted molar refractivity (Wildman–Crippen MR) is 92.9 cm³/mol. The lowest BCUT2D eigenvalue weighted by Crippen LogP contribution is -2.56. The largest absolute Gasteiger partial charge is 0.343 e. The Labute approximate surface area is 152 Å². The van der Waals surface area contributed by atoms with Crippen LogP contribution in [0.2, 0.25) is 0 Å². The van der Waals surface area contributed by atoms with Gasteiger partial charge in [0, 0.05) is 26.1 Å². The van der Waals surface area contributed by atoms with Crippen LogP contribution in [-0.4, -0.2) is 56.1 Å². The van der Waals surface area contributed by atoms with E-state index < -0.39 is 11.6 Å². The number of nitrogens with zero attached hydrogens (tertiary/aromatic N) is 4. The maximum absolute atomic E-state index is 12.4. The van der Waals surface area contributed by atoms with Gasteiger partial charge in [0.25, 0.3) is 5.91 Å². The van der Waals surface area contributed by atoms with Crippen LogP contribution in [0.4, 0.5) is 4.79 Å². The fourth-order valence-corrected chi connectivity index (χ4v) is 4.09. The highest BCUT2D eigenvalue weighted by molar-refractivity contribution is 6.07. The summed E-state index contributed by atoms with van der Waals surface area (Å²) in [5.74, 6) is -0.0249. The van der Waals surface area contributed by atoms with E-state index in [0.29, 0.717) is 32.5 Å². The topological polar surface area (TPSA) is 109 Å². The van der Waals surface area contributed by atoms with Gasteiger partial charge in [-0.25, -0.2) is 9.78 Å². The van der Waals surface area contributed by atoms with Gasteiger partial charge in [-0.1, -0.05) is 13.3 Å². The third kappa shape index (κ3) is 3.71. The van der Waals surface area contributed by atoms with Crippen molar-refractivity contribution < 1.29 is 14.4 Å². The van der Waals surface area contributed by atoms with Crippen molar-refractivity contribution >= 4 is 17.8 Å². The third-order valence-corrected chi connectivity index (χ3v) is 5.40. The van der Waals surface area contributed by atoms with Crippen LogP contribution in [0, 0.1) is 5.92 Å². The molecule has 0 bridgehead atoms. The number of carbonyl (C=O) groups excluding carboxylic acids is 3. The second-order valence-electron chi connectivity index (χ2n) is 7.05. The van der Waals surface area contributed by atoms with Gasteiger partial charge in [0.05, 0.1) is 0 Å². The van der Waals surface area contributed by atoms with Gasteiger partial charge in [0.2, 0.25) is 5.91 Å². The Hall–Kier alpha value is -2.45. The normalized spacial score (nSPS) is 23.8. The van der Waals surface area contributed by atoms with Crippen LogP contribution in [0.5, 0.6) is 0 Å². The Morgan fingerprint density at radius 3 is 2.69 bits per heavy atom. The first kappa shape index (κ1) is 18.3. The average Bonchev–Trinajstić information content (AvgIpc) is 3.24. The minimum Gasteiger partial charge on any atom is -0.343 e. The van der Waals surface area contributed by atoms with E-state index in [1.165, 1.54) is 6.33 Å². The minimum absolute atomic E-state index is 0.0631. The van der Waals surface area contributed by atoms with Gasteiger partial charge in [0.15, 0.2) is 0 Å². The zero-order valence-electron chi connectivity index (χ0n) is 15.1. The van der Waals surface area contributed by atoms with Gasteiger partial charge in [-0.2, -0.15) is 5.10 Å². The van der Waals surface area contributed by atoms with Crippen molar-refractivity contribution in [1.29, 1.82) is 0 Å². The highest BCUT2D eigenvalue weighted by Crippen LogP contribution is 2.34. The second kappa shape index (κ2) is 7.84. The van der Waals surface area contributed by atoms with E-state index in [-0.39, 0.29) is 17.7 Å². The summed E-state index contributed by atoms with van der Waals surface area (Å²) >= 11 is 0. The van der Waals surface area contributed by atoms with Gasteiger partial charge in [-0.15, -0.1) is 0 Å². The third-order valence-electron chi connectivity index (χ3n) is 5.40. The molecule has 26 heavy (non-hydrogen) atoms.